The highest BCUT2D eigenvalue weighted by Crippen LogP contribution is 2.35. The topological polar surface area (TPSA) is 121 Å². The number of nitrogens with zero attached hydrogens (tertiary/aromatic N) is 7. The zero-order valence-corrected chi connectivity index (χ0v) is 20.4. The van der Waals surface area contributed by atoms with Crippen molar-refractivity contribution in [2.75, 3.05) is 46.3 Å². The first-order valence-electron chi connectivity index (χ1n) is 12.4. The highest BCUT2D eigenvalue weighted by Gasteiger charge is 2.39. The van der Waals surface area contributed by atoms with E-state index in [0.717, 1.165) is 55.9 Å². The van der Waals surface area contributed by atoms with Crippen molar-refractivity contribution >= 4 is 22.7 Å². The molecule has 2 fully saturated rings. The monoisotopic (exact) mass is 486 g/mol. The van der Waals surface area contributed by atoms with E-state index in [-0.39, 0.29) is 30.3 Å². The van der Waals surface area contributed by atoms with Gasteiger partial charge in [0.05, 0.1) is 23.6 Å². The number of fused-ring (bicyclic) bond motifs is 1. The third-order valence-electron chi connectivity index (χ3n) is 7.20. The predicted molar refractivity (Wildman–Crippen MR) is 136 cm³/mol. The largest absolute Gasteiger partial charge is 0.340 e. The average molecular weight is 487 g/mol. The molecule has 5 rings (SSSR count). The third-order valence-corrected chi connectivity index (χ3v) is 7.20. The predicted octanol–water partition coefficient (Wildman–Crippen LogP) is 3.71. The first-order valence-corrected chi connectivity index (χ1v) is 12.4. The lowest BCUT2D eigenvalue weighted by Crippen LogP contribution is -2.50. The van der Waals surface area contributed by atoms with Crippen LogP contribution >= 0.6 is 0 Å². The van der Waals surface area contributed by atoms with Crippen LogP contribution in [0.15, 0.2) is 53.6 Å². The van der Waals surface area contributed by atoms with E-state index in [1.54, 1.807) is 12.1 Å². The Morgan fingerprint density at radius 3 is 2.67 bits per heavy atom. The van der Waals surface area contributed by atoms with Crippen molar-refractivity contribution in [3.8, 4) is 0 Å². The number of hydrogen-bond acceptors (Lipinski definition) is 6. The van der Waals surface area contributed by atoms with E-state index in [1.165, 1.54) is 0 Å². The van der Waals surface area contributed by atoms with E-state index in [4.69, 9.17) is 10.5 Å². The van der Waals surface area contributed by atoms with Gasteiger partial charge in [-0.1, -0.05) is 35.4 Å². The Balaban J connectivity index is 1.42. The molecule has 10 nitrogen and oxygen atoms in total. The summed E-state index contributed by atoms with van der Waals surface area (Å²) in [6.45, 7) is 4.02. The molecule has 186 valence electrons. The number of hydrogen-bond donors (Lipinski definition) is 1. The van der Waals surface area contributed by atoms with E-state index in [2.05, 4.69) is 31.9 Å². The number of ketones is 1. The van der Waals surface area contributed by atoms with Crippen molar-refractivity contribution < 1.29 is 9.59 Å². The van der Waals surface area contributed by atoms with E-state index >= 15 is 0 Å². The minimum Gasteiger partial charge on any atom is -0.340 e. The molecule has 36 heavy (non-hydrogen) atoms. The average Bonchev–Trinajstić information content (AvgIpc) is 3.56. The molecule has 0 radical (unpaired) electrons. The number of H-pyrrole nitrogens is 1. The van der Waals surface area contributed by atoms with Crippen LogP contribution in [0.5, 0.6) is 0 Å². The van der Waals surface area contributed by atoms with Crippen LogP contribution in [-0.2, 0) is 4.79 Å². The van der Waals surface area contributed by atoms with Gasteiger partial charge in [0.2, 0.25) is 5.91 Å². The van der Waals surface area contributed by atoms with E-state index in [9.17, 15) is 9.59 Å². The maximum Gasteiger partial charge on any atom is 0.245 e. The molecule has 3 aromatic rings. The fourth-order valence-electron chi connectivity index (χ4n) is 5.24. The number of carbonyl (C=O) groups is 2. The van der Waals surface area contributed by atoms with E-state index < -0.39 is 0 Å². The Bertz CT molecular complexity index is 1290. The van der Waals surface area contributed by atoms with Crippen LogP contribution in [-0.4, -0.2) is 82.7 Å². The van der Waals surface area contributed by atoms with Gasteiger partial charge < -0.3 is 14.8 Å². The number of rotatable bonds is 7. The van der Waals surface area contributed by atoms with Crippen LogP contribution in [0, 0.1) is 0 Å². The first-order chi connectivity index (χ1) is 17.5. The lowest BCUT2D eigenvalue weighted by molar-refractivity contribution is -0.139. The van der Waals surface area contributed by atoms with Crippen molar-refractivity contribution in [2.24, 2.45) is 5.11 Å². The quantitative estimate of drug-likeness (QED) is 0.236. The summed E-state index contributed by atoms with van der Waals surface area (Å²) < 4.78 is 0. The minimum absolute atomic E-state index is 0.110. The normalized spacial score (nSPS) is 19.8. The number of benzene rings is 2. The number of likely N-dealkylation sites (tertiary alicyclic amines) is 1. The van der Waals surface area contributed by atoms with E-state index in [0.29, 0.717) is 17.6 Å². The van der Waals surface area contributed by atoms with Gasteiger partial charge in [0.15, 0.2) is 5.78 Å². The zero-order valence-electron chi connectivity index (χ0n) is 20.4. The third kappa shape index (κ3) is 4.83. The molecular weight excluding hydrogens is 456 g/mol. The second-order valence-corrected chi connectivity index (χ2v) is 9.51. The van der Waals surface area contributed by atoms with E-state index in [1.807, 2.05) is 41.3 Å². The van der Waals surface area contributed by atoms with Gasteiger partial charge in [0.25, 0.3) is 0 Å². The molecule has 1 amide bonds. The molecule has 2 aromatic carbocycles. The number of likely N-dealkylation sites (N-methyl/N-ethyl adjacent to an activating group) is 1. The molecular formula is C26H30N8O2. The second kappa shape index (κ2) is 10.5. The number of piperazine rings is 1. The Morgan fingerprint density at radius 1 is 1.14 bits per heavy atom. The number of Topliss-reactive ketones (excluding diaryl/α,β-unsaturated/α-hetero) is 1. The minimum atomic E-state index is -0.324. The number of imidazole rings is 1. The van der Waals surface area contributed by atoms with Crippen molar-refractivity contribution in [3.05, 3.63) is 75.9 Å². The molecule has 1 aromatic heterocycles. The van der Waals surface area contributed by atoms with Gasteiger partial charge in [-0.2, -0.15) is 0 Å². The maximum atomic E-state index is 14.1. The van der Waals surface area contributed by atoms with Gasteiger partial charge in [0.1, 0.15) is 11.9 Å². The standard InChI is InChI=1S/C26H30N8O2/c1-32-12-14-33(15-13-32)24(18-6-3-2-4-7-18)26(36)34-11-5-8-22(34)25-29-20-10-9-19(16-21(20)30-25)23(35)17-28-31-27/h2-4,6-7,9-10,16,22,24H,5,8,11-15,17H2,1H3,(H,29,30)/t22-,24+/m0/s1. The SMILES string of the molecule is CN1CCN([C@@H](C(=O)N2CCC[C@H]2c2nc3cc(C(=O)CN=[N+]=[N-])ccc3[nH]2)c2ccccc2)CC1. The highest BCUT2D eigenvalue weighted by molar-refractivity contribution is 6.00. The molecule has 2 atom stereocenters. The molecule has 2 aliphatic rings. The van der Waals surface area contributed by atoms with Crippen molar-refractivity contribution in [3.63, 3.8) is 0 Å². The fraction of sp³-hybridized carbons (Fsp3) is 0.423. The first kappa shape index (κ1) is 24.0. The lowest BCUT2D eigenvalue weighted by Gasteiger charge is -2.39. The van der Waals surface area contributed by atoms with Crippen molar-refractivity contribution in [2.45, 2.75) is 24.9 Å². The number of aromatic nitrogens is 2. The van der Waals surface area contributed by atoms with Crippen molar-refractivity contribution in [1.29, 1.82) is 0 Å². The molecule has 0 spiro atoms. The smallest absolute Gasteiger partial charge is 0.245 e. The zero-order chi connectivity index (χ0) is 25.1. The summed E-state index contributed by atoms with van der Waals surface area (Å²) in [7, 11) is 2.12. The highest BCUT2D eigenvalue weighted by atomic mass is 16.2. The number of nitrogens with one attached hydrogen (secondary N) is 1. The summed E-state index contributed by atoms with van der Waals surface area (Å²) in [4.78, 5) is 43.8. The summed E-state index contributed by atoms with van der Waals surface area (Å²) in [6, 6.07) is 14.8. The molecule has 0 unspecified atom stereocenters. The molecule has 0 saturated carbocycles. The summed E-state index contributed by atoms with van der Waals surface area (Å²) >= 11 is 0. The maximum absolute atomic E-state index is 14.1. The number of carbonyl (C=O) groups excluding carboxylic acids is 2. The molecule has 3 heterocycles. The Morgan fingerprint density at radius 2 is 1.92 bits per heavy atom. The van der Waals surface area contributed by atoms with Gasteiger partial charge in [-0.15, -0.1) is 0 Å². The van der Waals surface area contributed by atoms with Gasteiger partial charge in [-0.3, -0.25) is 14.5 Å². The lowest BCUT2D eigenvalue weighted by atomic mass is 10.0. The van der Waals surface area contributed by atoms with Gasteiger partial charge >= 0.3 is 0 Å². The number of aromatic amines is 1. The molecule has 2 saturated heterocycles. The fourth-order valence-corrected chi connectivity index (χ4v) is 5.24. The molecule has 0 aliphatic carbocycles. The molecule has 0 bridgehead atoms. The van der Waals surface area contributed by atoms with Crippen LogP contribution in [0.25, 0.3) is 21.5 Å². The summed E-state index contributed by atoms with van der Waals surface area (Å²) in [5.41, 5.74) is 11.4. The number of azide groups is 1. The summed E-state index contributed by atoms with van der Waals surface area (Å²) in [5, 5.41) is 3.36. The molecule has 10 heteroatoms. The second-order valence-electron chi connectivity index (χ2n) is 9.51. The van der Waals surface area contributed by atoms with Crippen LogP contribution in [0.4, 0.5) is 0 Å². The molecule has 2 aliphatic heterocycles. The van der Waals surface area contributed by atoms with Gasteiger partial charge in [0, 0.05) is 43.2 Å². The van der Waals surface area contributed by atoms with Gasteiger partial charge in [-0.05, 0) is 49.2 Å². The van der Waals surface area contributed by atoms with Crippen LogP contribution in [0.1, 0.15) is 46.7 Å². The summed E-state index contributed by atoms with van der Waals surface area (Å²) in [6.07, 6.45) is 1.74. The van der Waals surface area contributed by atoms with Gasteiger partial charge in [-0.25, -0.2) is 4.98 Å². The Labute approximate surface area is 209 Å². The van der Waals surface area contributed by atoms with Crippen molar-refractivity contribution in [1.82, 2.24) is 24.7 Å². The Kier molecular flexibility index (Phi) is 6.99. The van der Waals surface area contributed by atoms with Crippen LogP contribution in [0.2, 0.25) is 0 Å². The summed E-state index contributed by atoms with van der Waals surface area (Å²) in [5.74, 6) is 0.592. The van der Waals surface area contributed by atoms with Crippen LogP contribution in [0.3, 0.4) is 0 Å². The van der Waals surface area contributed by atoms with Crippen LogP contribution < -0.4 is 0 Å². The molecule has 1 N–H and O–H groups in total. The Hall–Kier alpha value is -3.72. The number of amides is 1.